The maximum absolute atomic E-state index is 12.6. The third-order valence-corrected chi connectivity index (χ3v) is 7.94. The van der Waals surface area contributed by atoms with Gasteiger partial charge in [-0.25, -0.2) is 18.4 Å². The van der Waals surface area contributed by atoms with Crippen LogP contribution in [0.15, 0.2) is 41.3 Å². The van der Waals surface area contributed by atoms with Gasteiger partial charge in [0.25, 0.3) is 5.91 Å². The largest absolute Gasteiger partial charge is 0.298 e. The molecule has 0 aliphatic rings. The Bertz CT molecular complexity index is 1290. The van der Waals surface area contributed by atoms with Gasteiger partial charge in [0.15, 0.2) is 15.0 Å². The first-order chi connectivity index (χ1) is 12.9. The van der Waals surface area contributed by atoms with Crippen molar-refractivity contribution in [3.05, 3.63) is 47.0 Å². The van der Waals surface area contributed by atoms with E-state index in [0.717, 1.165) is 25.4 Å². The molecule has 0 radical (unpaired) electrons. The van der Waals surface area contributed by atoms with Crippen molar-refractivity contribution in [2.75, 3.05) is 11.1 Å². The van der Waals surface area contributed by atoms with Crippen LogP contribution >= 0.6 is 22.7 Å². The monoisotopic (exact) mass is 417 g/mol. The van der Waals surface area contributed by atoms with Gasteiger partial charge in [-0.2, -0.15) is 0 Å². The lowest BCUT2D eigenvalue weighted by atomic mass is 10.2. The highest BCUT2D eigenvalue weighted by Crippen LogP contribution is 2.35. The van der Waals surface area contributed by atoms with E-state index in [-0.39, 0.29) is 22.1 Å². The van der Waals surface area contributed by atoms with Crippen molar-refractivity contribution in [1.29, 1.82) is 0 Å². The van der Waals surface area contributed by atoms with Crippen LogP contribution in [0.4, 0.5) is 5.13 Å². The Labute approximate surface area is 163 Å². The van der Waals surface area contributed by atoms with Crippen LogP contribution in [0.25, 0.3) is 20.4 Å². The van der Waals surface area contributed by atoms with E-state index in [2.05, 4.69) is 15.3 Å². The van der Waals surface area contributed by atoms with Crippen molar-refractivity contribution in [1.82, 2.24) is 9.97 Å². The van der Waals surface area contributed by atoms with E-state index in [9.17, 15) is 13.2 Å². The molecule has 2 heterocycles. The first-order valence-electron chi connectivity index (χ1n) is 8.18. The standard InChI is InChI=1S/C18H15N3O3S3/c1-3-27(23,24)12-6-4-5-11(9-12)17(22)21-18-20-14-8-7-13-15(16(14)26-18)25-10(2)19-13/h4-9H,3H2,1-2H3,(H,20,21,22). The lowest BCUT2D eigenvalue weighted by molar-refractivity contribution is 0.102. The van der Waals surface area contributed by atoms with Crippen LogP contribution in [0.1, 0.15) is 22.3 Å². The highest BCUT2D eigenvalue weighted by Gasteiger charge is 2.16. The number of sulfone groups is 1. The molecule has 0 aliphatic heterocycles. The predicted molar refractivity (Wildman–Crippen MR) is 110 cm³/mol. The maximum Gasteiger partial charge on any atom is 0.257 e. The number of carbonyl (C=O) groups is 1. The van der Waals surface area contributed by atoms with Gasteiger partial charge in [0.1, 0.15) is 0 Å². The van der Waals surface area contributed by atoms with Gasteiger partial charge in [-0.3, -0.25) is 10.1 Å². The highest BCUT2D eigenvalue weighted by atomic mass is 32.2. The average molecular weight is 418 g/mol. The zero-order valence-electron chi connectivity index (χ0n) is 14.5. The fraction of sp³-hybridized carbons (Fsp3) is 0.167. The summed E-state index contributed by atoms with van der Waals surface area (Å²) in [6.07, 6.45) is 0. The number of fused-ring (bicyclic) bond motifs is 3. The predicted octanol–water partition coefficient (Wildman–Crippen LogP) is 4.26. The van der Waals surface area contributed by atoms with E-state index < -0.39 is 9.84 Å². The molecular weight excluding hydrogens is 402 g/mol. The molecule has 1 amide bonds. The van der Waals surface area contributed by atoms with Crippen LogP contribution < -0.4 is 5.32 Å². The number of rotatable bonds is 4. The number of thiazole rings is 2. The summed E-state index contributed by atoms with van der Waals surface area (Å²) in [6.45, 7) is 3.53. The molecule has 27 heavy (non-hydrogen) atoms. The molecule has 9 heteroatoms. The Morgan fingerprint density at radius 1 is 1.07 bits per heavy atom. The number of anilines is 1. The number of benzene rings is 2. The molecule has 0 fully saturated rings. The topological polar surface area (TPSA) is 89.0 Å². The van der Waals surface area contributed by atoms with Gasteiger partial charge >= 0.3 is 0 Å². The second-order valence-electron chi connectivity index (χ2n) is 5.90. The summed E-state index contributed by atoms with van der Waals surface area (Å²) in [5, 5.41) is 4.22. The van der Waals surface area contributed by atoms with Crippen molar-refractivity contribution < 1.29 is 13.2 Å². The molecule has 4 rings (SSSR count). The van der Waals surface area contributed by atoms with Crippen molar-refractivity contribution in [3.63, 3.8) is 0 Å². The summed E-state index contributed by atoms with van der Waals surface area (Å²) in [7, 11) is -3.37. The third-order valence-electron chi connectivity index (χ3n) is 4.07. The Morgan fingerprint density at radius 2 is 1.78 bits per heavy atom. The SMILES string of the molecule is CCS(=O)(=O)c1cccc(C(=O)Nc2nc3ccc4nc(C)sc4c3s2)c1. The summed E-state index contributed by atoms with van der Waals surface area (Å²) in [5.41, 5.74) is 2.00. The van der Waals surface area contributed by atoms with Crippen molar-refractivity contribution in [3.8, 4) is 0 Å². The molecule has 0 atom stereocenters. The molecule has 4 aromatic rings. The van der Waals surface area contributed by atoms with E-state index in [1.54, 1.807) is 30.4 Å². The molecule has 0 aliphatic carbocycles. The van der Waals surface area contributed by atoms with Gasteiger partial charge in [0.2, 0.25) is 0 Å². The number of nitrogens with zero attached hydrogens (tertiary/aromatic N) is 2. The van der Waals surface area contributed by atoms with Gasteiger partial charge in [-0.05, 0) is 37.3 Å². The first-order valence-corrected chi connectivity index (χ1v) is 11.5. The molecule has 2 aromatic heterocycles. The Balaban J connectivity index is 1.67. The Hall–Kier alpha value is -2.36. The van der Waals surface area contributed by atoms with Crippen LogP contribution in [0.5, 0.6) is 0 Å². The molecular formula is C18H15N3O3S3. The van der Waals surface area contributed by atoms with Gasteiger partial charge in [0, 0.05) is 5.56 Å². The van der Waals surface area contributed by atoms with Crippen LogP contribution in [0.3, 0.4) is 0 Å². The number of amides is 1. The second-order valence-corrected chi connectivity index (χ2v) is 10.4. The van der Waals surface area contributed by atoms with Crippen molar-refractivity contribution >= 4 is 64.0 Å². The summed E-state index contributed by atoms with van der Waals surface area (Å²) in [5.74, 6) is -0.404. The Morgan fingerprint density at radius 3 is 2.52 bits per heavy atom. The molecule has 2 aromatic carbocycles. The minimum atomic E-state index is -3.37. The van der Waals surface area contributed by atoms with Crippen LogP contribution in [0.2, 0.25) is 0 Å². The van der Waals surface area contributed by atoms with Crippen molar-refractivity contribution in [2.24, 2.45) is 0 Å². The lowest BCUT2D eigenvalue weighted by Gasteiger charge is -2.05. The van der Waals surface area contributed by atoms with Crippen LogP contribution in [-0.2, 0) is 9.84 Å². The average Bonchev–Trinajstić information content (AvgIpc) is 3.23. The number of hydrogen-bond donors (Lipinski definition) is 1. The summed E-state index contributed by atoms with van der Waals surface area (Å²) in [6, 6.07) is 9.85. The molecule has 0 spiro atoms. The summed E-state index contributed by atoms with van der Waals surface area (Å²) < 4.78 is 26.1. The van der Waals surface area contributed by atoms with E-state index in [4.69, 9.17) is 0 Å². The van der Waals surface area contributed by atoms with Crippen molar-refractivity contribution in [2.45, 2.75) is 18.7 Å². The number of aromatic nitrogens is 2. The van der Waals surface area contributed by atoms with Gasteiger partial charge in [-0.15, -0.1) is 11.3 Å². The zero-order valence-corrected chi connectivity index (χ0v) is 17.0. The minimum absolute atomic E-state index is 0.0137. The van der Waals surface area contributed by atoms with E-state index in [1.807, 2.05) is 19.1 Å². The normalized spacial score (nSPS) is 11.9. The van der Waals surface area contributed by atoms with E-state index in [1.165, 1.54) is 23.5 Å². The molecule has 1 N–H and O–H groups in total. The Kier molecular flexibility index (Phi) is 4.45. The smallest absolute Gasteiger partial charge is 0.257 e. The number of nitrogens with one attached hydrogen (secondary N) is 1. The second kappa shape index (κ2) is 6.66. The van der Waals surface area contributed by atoms with Gasteiger partial charge < -0.3 is 0 Å². The number of aryl methyl sites for hydroxylation is 1. The molecule has 138 valence electrons. The molecule has 0 saturated carbocycles. The highest BCUT2D eigenvalue weighted by molar-refractivity contribution is 7.91. The van der Waals surface area contributed by atoms with Crippen LogP contribution in [-0.4, -0.2) is 30.0 Å². The third kappa shape index (κ3) is 3.33. The number of carbonyl (C=O) groups excluding carboxylic acids is 1. The quantitative estimate of drug-likeness (QED) is 0.536. The fourth-order valence-electron chi connectivity index (χ4n) is 2.70. The fourth-order valence-corrected chi connectivity index (χ4v) is 5.63. The van der Waals surface area contributed by atoms with E-state index >= 15 is 0 Å². The van der Waals surface area contributed by atoms with E-state index in [0.29, 0.717) is 5.13 Å². The summed E-state index contributed by atoms with van der Waals surface area (Å²) in [4.78, 5) is 21.7. The molecule has 0 saturated heterocycles. The molecule has 6 nitrogen and oxygen atoms in total. The number of hydrogen-bond acceptors (Lipinski definition) is 7. The molecule has 0 bridgehead atoms. The van der Waals surface area contributed by atoms with Gasteiger partial charge in [-0.1, -0.05) is 24.3 Å². The maximum atomic E-state index is 12.6. The van der Waals surface area contributed by atoms with Crippen LogP contribution in [0, 0.1) is 6.92 Å². The first kappa shape index (κ1) is 18.0. The minimum Gasteiger partial charge on any atom is -0.298 e. The molecule has 0 unspecified atom stereocenters. The summed E-state index contributed by atoms with van der Waals surface area (Å²) >= 11 is 2.98. The van der Waals surface area contributed by atoms with Gasteiger partial charge in [0.05, 0.1) is 36.1 Å². The lowest BCUT2D eigenvalue weighted by Crippen LogP contribution is -2.13. The zero-order chi connectivity index (χ0) is 19.2.